The van der Waals surface area contributed by atoms with Crippen LogP contribution >= 0.6 is 0 Å². The molecule has 15 heavy (non-hydrogen) atoms. The smallest absolute Gasteiger partial charge is 0.0187 e. The van der Waals surface area contributed by atoms with E-state index in [9.17, 15) is 0 Å². The maximum atomic E-state index is 3.00. The van der Waals surface area contributed by atoms with Crippen LogP contribution in [0.4, 0.5) is 0 Å². The first-order chi connectivity index (χ1) is 7.27. The lowest BCUT2D eigenvalue weighted by Gasteiger charge is -2.01. The molecule has 0 nitrogen and oxygen atoms in total. The molecule has 0 heterocycles. The number of rotatable bonds is 2. The number of aryl methyl sites for hydroxylation is 1. The van der Waals surface area contributed by atoms with Gasteiger partial charge in [-0.2, -0.15) is 0 Å². The van der Waals surface area contributed by atoms with Gasteiger partial charge in [-0.05, 0) is 31.9 Å². The zero-order chi connectivity index (χ0) is 11.7. The van der Waals surface area contributed by atoms with Crippen molar-refractivity contribution < 1.29 is 0 Å². The van der Waals surface area contributed by atoms with Gasteiger partial charge in [0.15, 0.2) is 0 Å². The summed E-state index contributed by atoms with van der Waals surface area (Å²) in [4.78, 5) is 0. The van der Waals surface area contributed by atoms with Crippen LogP contribution in [-0.2, 0) is 0 Å². The summed E-state index contributed by atoms with van der Waals surface area (Å²) in [6.07, 6.45) is 6.32. The summed E-state index contributed by atoms with van der Waals surface area (Å²) in [6, 6.07) is 8.60. The van der Waals surface area contributed by atoms with E-state index in [1.54, 1.807) is 0 Å². The minimum Gasteiger partial charge on any atom is -0.106 e. The lowest BCUT2D eigenvalue weighted by Crippen LogP contribution is -1.80. The van der Waals surface area contributed by atoms with E-state index in [4.69, 9.17) is 0 Å². The van der Waals surface area contributed by atoms with E-state index < -0.39 is 0 Å². The molecule has 0 fully saturated rings. The van der Waals surface area contributed by atoms with Gasteiger partial charge in [-0.1, -0.05) is 48.1 Å². The fraction of sp³-hybridized carbons (Fsp3) is 0.200. The van der Waals surface area contributed by atoms with Crippen molar-refractivity contribution in [2.24, 2.45) is 0 Å². The molecule has 0 unspecified atom stereocenters. The molecule has 0 aliphatic heterocycles. The Kier molecular flexibility index (Phi) is 7.00. The normalized spacial score (nSPS) is 11.0. The summed E-state index contributed by atoms with van der Waals surface area (Å²) in [5, 5.41) is 0. The van der Waals surface area contributed by atoms with E-state index in [1.165, 1.54) is 16.7 Å². The van der Waals surface area contributed by atoms with Crippen molar-refractivity contribution in [3.8, 4) is 0 Å². The fourth-order valence-corrected chi connectivity index (χ4v) is 1.28. The summed E-state index contributed by atoms with van der Waals surface area (Å²) in [5.74, 6) is 0. The van der Waals surface area contributed by atoms with Crippen molar-refractivity contribution in [3.05, 3.63) is 66.8 Å². The first-order valence-electron chi connectivity index (χ1n) is 5.14. The van der Waals surface area contributed by atoms with Crippen LogP contribution in [0.15, 0.2) is 55.7 Å². The molecule has 80 valence electrons. The van der Waals surface area contributed by atoms with E-state index in [0.29, 0.717) is 0 Å². The van der Waals surface area contributed by atoms with Crippen molar-refractivity contribution in [2.45, 2.75) is 20.8 Å². The van der Waals surface area contributed by atoms with Crippen LogP contribution in [0.2, 0.25) is 0 Å². The second-order valence-corrected chi connectivity index (χ2v) is 3.11. The van der Waals surface area contributed by atoms with Crippen LogP contribution in [-0.4, -0.2) is 0 Å². The van der Waals surface area contributed by atoms with Crippen LogP contribution < -0.4 is 0 Å². The zero-order valence-corrected chi connectivity index (χ0v) is 9.96. The number of hydrogen-bond donors (Lipinski definition) is 0. The zero-order valence-electron chi connectivity index (χ0n) is 9.96. The van der Waals surface area contributed by atoms with E-state index in [2.05, 4.69) is 69.5 Å². The van der Waals surface area contributed by atoms with Gasteiger partial charge in [-0.25, -0.2) is 0 Å². The highest BCUT2D eigenvalue weighted by molar-refractivity contribution is 5.73. The second-order valence-electron chi connectivity index (χ2n) is 3.11. The molecule has 0 N–H and O–H groups in total. The number of hydrogen-bond acceptors (Lipinski definition) is 0. The average molecular weight is 200 g/mol. The molecular weight excluding hydrogens is 180 g/mol. The van der Waals surface area contributed by atoms with Gasteiger partial charge in [0.05, 0.1) is 0 Å². The Morgan fingerprint density at radius 1 is 1.07 bits per heavy atom. The monoisotopic (exact) mass is 200 g/mol. The third kappa shape index (κ3) is 4.46. The molecular formula is C15H20. The van der Waals surface area contributed by atoms with E-state index in [-0.39, 0.29) is 0 Å². The maximum Gasteiger partial charge on any atom is -0.0187 e. The van der Waals surface area contributed by atoms with Crippen molar-refractivity contribution in [3.63, 3.8) is 0 Å². The topological polar surface area (TPSA) is 0 Å². The Labute approximate surface area is 93.7 Å². The molecule has 0 radical (unpaired) electrons. The quantitative estimate of drug-likeness (QED) is 0.476. The van der Waals surface area contributed by atoms with Gasteiger partial charge in [-0.3, -0.25) is 0 Å². The summed E-state index contributed by atoms with van der Waals surface area (Å²) < 4.78 is 0. The van der Waals surface area contributed by atoms with E-state index in [1.807, 2.05) is 6.92 Å². The second kappa shape index (κ2) is 7.81. The van der Waals surface area contributed by atoms with Crippen LogP contribution in [0.3, 0.4) is 0 Å². The molecule has 0 bridgehead atoms. The van der Waals surface area contributed by atoms with Crippen molar-refractivity contribution >= 4 is 5.57 Å². The predicted molar refractivity (Wildman–Crippen MR) is 70.9 cm³/mol. The first kappa shape index (κ1) is 13.4. The molecule has 0 heteroatoms. The molecule has 0 spiro atoms. The highest BCUT2D eigenvalue weighted by Gasteiger charge is 1.94. The Bertz CT molecular complexity index is 326. The summed E-state index contributed by atoms with van der Waals surface area (Å²) in [6.45, 7) is 12.2. The third-order valence-electron chi connectivity index (χ3n) is 2.04. The van der Waals surface area contributed by atoms with Crippen molar-refractivity contribution in [1.82, 2.24) is 0 Å². The molecule has 1 rings (SSSR count). The van der Waals surface area contributed by atoms with Gasteiger partial charge in [-0.15, -0.1) is 13.2 Å². The summed E-state index contributed by atoms with van der Waals surface area (Å²) >= 11 is 0. The Hall–Kier alpha value is -1.56. The maximum absolute atomic E-state index is 3.00. The predicted octanol–water partition coefficient (Wildman–Crippen LogP) is 4.78. The lowest BCUT2D eigenvalue weighted by molar-refractivity contribution is 1.45. The van der Waals surface area contributed by atoms with Gasteiger partial charge in [0.1, 0.15) is 0 Å². The van der Waals surface area contributed by atoms with Crippen LogP contribution in [0.5, 0.6) is 0 Å². The minimum absolute atomic E-state index is 1.28. The van der Waals surface area contributed by atoms with Gasteiger partial charge >= 0.3 is 0 Å². The summed E-state index contributed by atoms with van der Waals surface area (Å²) in [7, 11) is 0. The van der Waals surface area contributed by atoms with Crippen LogP contribution in [0, 0.1) is 6.92 Å². The fourth-order valence-electron chi connectivity index (χ4n) is 1.28. The van der Waals surface area contributed by atoms with Crippen molar-refractivity contribution in [1.29, 1.82) is 0 Å². The van der Waals surface area contributed by atoms with E-state index in [0.717, 1.165) is 0 Å². The lowest BCUT2D eigenvalue weighted by atomic mass is 10.0. The molecule has 0 aromatic heterocycles. The standard InChI is InChI=1S/C13H16.C2H4/c1-4-6-12(5-2)13-9-7-11(3)8-10-13;1-2/h4-10H,1-3H3;1-2H2/b6-4-,12-5+;. The molecule has 0 saturated carbocycles. The van der Waals surface area contributed by atoms with Gasteiger partial charge < -0.3 is 0 Å². The van der Waals surface area contributed by atoms with Crippen LogP contribution in [0.25, 0.3) is 5.57 Å². The number of benzene rings is 1. The molecule has 1 aromatic carbocycles. The van der Waals surface area contributed by atoms with Crippen LogP contribution in [0.1, 0.15) is 25.0 Å². The molecule has 0 amide bonds. The first-order valence-corrected chi connectivity index (χ1v) is 5.14. The highest BCUT2D eigenvalue weighted by Crippen LogP contribution is 2.16. The molecule has 0 aliphatic carbocycles. The Morgan fingerprint density at radius 2 is 1.60 bits per heavy atom. The molecule has 0 saturated heterocycles. The van der Waals surface area contributed by atoms with E-state index >= 15 is 0 Å². The minimum atomic E-state index is 1.28. The van der Waals surface area contributed by atoms with Gasteiger partial charge in [0.25, 0.3) is 0 Å². The Balaban J connectivity index is 0.000000921. The molecule has 0 aliphatic rings. The molecule has 0 atom stereocenters. The summed E-state index contributed by atoms with van der Waals surface area (Å²) in [5.41, 5.74) is 3.87. The SMILES string of the molecule is C/C=C\C(=C/C)c1ccc(C)cc1.C=C. The number of allylic oxidation sites excluding steroid dienone is 4. The van der Waals surface area contributed by atoms with Crippen molar-refractivity contribution in [2.75, 3.05) is 0 Å². The largest absolute Gasteiger partial charge is 0.106 e. The Morgan fingerprint density at radius 3 is 2.00 bits per heavy atom. The van der Waals surface area contributed by atoms with Gasteiger partial charge in [0.2, 0.25) is 0 Å². The third-order valence-corrected chi connectivity index (χ3v) is 2.04. The van der Waals surface area contributed by atoms with Gasteiger partial charge in [0, 0.05) is 0 Å². The average Bonchev–Trinajstić information content (AvgIpc) is 2.30. The molecule has 1 aromatic rings. The highest BCUT2D eigenvalue weighted by atomic mass is 14.0.